The lowest BCUT2D eigenvalue weighted by Crippen LogP contribution is -2.59. The van der Waals surface area contributed by atoms with Crippen molar-refractivity contribution in [3.8, 4) is 0 Å². The second-order valence-electron chi connectivity index (χ2n) is 10.4. The monoisotopic (exact) mass is 432 g/mol. The maximum atomic E-state index is 13.4. The van der Waals surface area contributed by atoms with Gasteiger partial charge < -0.3 is 24.4 Å². The number of amides is 1. The number of nitrogens with one attached hydrogen (secondary N) is 1. The van der Waals surface area contributed by atoms with Crippen molar-refractivity contribution in [3.05, 3.63) is 29.8 Å². The summed E-state index contributed by atoms with van der Waals surface area (Å²) in [6.45, 7) is 13.2. The van der Waals surface area contributed by atoms with Crippen LogP contribution in [0.3, 0.4) is 0 Å². The van der Waals surface area contributed by atoms with E-state index in [4.69, 9.17) is 14.2 Å². The smallest absolute Gasteiger partial charge is 0.408 e. The lowest BCUT2D eigenvalue weighted by atomic mass is 9.86. The van der Waals surface area contributed by atoms with Gasteiger partial charge in [0.25, 0.3) is 0 Å². The SMILES string of the molecule is CC(C)(C)OC(=O)N[C@]1(C(=O)OC(C)(C)C)CCO[C@H]1c1ccc(N2CCCC2)cc1. The van der Waals surface area contributed by atoms with E-state index in [1.54, 1.807) is 20.8 Å². The highest BCUT2D eigenvalue weighted by molar-refractivity contribution is 5.87. The van der Waals surface area contributed by atoms with Crippen molar-refractivity contribution in [3.63, 3.8) is 0 Å². The molecule has 1 aromatic rings. The van der Waals surface area contributed by atoms with Crippen LogP contribution in [0.2, 0.25) is 0 Å². The van der Waals surface area contributed by atoms with Crippen molar-refractivity contribution in [1.82, 2.24) is 5.32 Å². The van der Waals surface area contributed by atoms with E-state index in [0.29, 0.717) is 13.0 Å². The average Bonchev–Trinajstić information content (AvgIpc) is 3.29. The number of alkyl carbamates (subject to hydrolysis) is 1. The van der Waals surface area contributed by atoms with Gasteiger partial charge in [-0.1, -0.05) is 12.1 Å². The predicted octanol–water partition coefficient (Wildman–Crippen LogP) is 4.35. The number of carbonyl (C=O) groups excluding carboxylic acids is 2. The van der Waals surface area contributed by atoms with Crippen molar-refractivity contribution in [1.29, 1.82) is 0 Å². The van der Waals surface area contributed by atoms with Gasteiger partial charge in [0, 0.05) is 25.2 Å². The minimum atomic E-state index is -1.36. The van der Waals surface area contributed by atoms with E-state index in [1.807, 2.05) is 32.9 Å². The number of ether oxygens (including phenoxy) is 3. The highest BCUT2D eigenvalue weighted by Crippen LogP contribution is 2.41. The van der Waals surface area contributed by atoms with Crippen LogP contribution in [0, 0.1) is 0 Å². The minimum Gasteiger partial charge on any atom is -0.458 e. The van der Waals surface area contributed by atoms with Gasteiger partial charge in [-0.3, -0.25) is 0 Å². The molecule has 0 unspecified atom stereocenters. The fourth-order valence-electron chi connectivity index (χ4n) is 4.07. The molecule has 1 N–H and O–H groups in total. The fourth-order valence-corrected chi connectivity index (χ4v) is 4.07. The Morgan fingerprint density at radius 3 is 2.13 bits per heavy atom. The molecule has 2 fully saturated rings. The molecule has 0 bridgehead atoms. The second-order valence-corrected chi connectivity index (χ2v) is 10.4. The Morgan fingerprint density at radius 1 is 1.00 bits per heavy atom. The van der Waals surface area contributed by atoms with Crippen LogP contribution in [0.5, 0.6) is 0 Å². The molecule has 1 aromatic carbocycles. The molecular weight excluding hydrogens is 396 g/mol. The summed E-state index contributed by atoms with van der Waals surface area (Å²) in [6.07, 6.45) is 1.38. The number of esters is 1. The maximum absolute atomic E-state index is 13.4. The van der Waals surface area contributed by atoms with Gasteiger partial charge in [-0.15, -0.1) is 0 Å². The Balaban J connectivity index is 1.90. The number of rotatable bonds is 4. The van der Waals surface area contributed by atoms with E-state index in [0.717, 1.165) is 24.3 Å². The Kier molecular flexibility index (Phi) is 6.56. The summed E-state index contributed by atoms with van der Waals surface area (Å²) in [5, 5.41) is 2.82. The van der Waals surface area contributed by atoms with E-state index >= 15 is 0 Å². The normalized spacial score (nSPS) is 24.2. The molecule has 7 nitrogen and oxygen atoms in total. The van der Waals surface area contributed by atoms with Crippen LogP contribution in [-0.4, -0.2) is 48.5 Å². The summed E-state index contributed by atoms with van der Waals surface area (Å²) in [4.78, 5) is 28.4. The standard InChI is InChI=1S/C24H36N2O5/c1-22(2,3)30-20(27)24(25-21(28)31-23(4,5)6)13-16-29-19(24)17-9-11-18(12-10-17)26-14-7-8-15-26/h9-12,19H,7-8,13-16H2,1-6H3,(H,25,28)/t19-,24+/m0/s1. The van der Waals surface area contributed by atoms with E-state index < -0.39 is 34.9 Å². The molecule has 0 spiro atoms. The minimum absolute atomic E-state index is 0.305. The van der Waals surface area contributed by atoms with E-state index in [9.17, 15) is 9.59 Å². The van der Waals surface area contributed by atoms with E-state index in [1.165, 1.54) is 12.8 Å². The van der Waals surface area contributed by atoms with Gasteiger partial charge in [-0.25, -0.2) is 9.59 Å². The third-order valence-corrected chi connectivity index (χ3v) is 5.38. The quantitative estimate of drug-likeness (QED) is 0.713. The molecule has 2 aliphatic heterocycles. The summed E-state index contributed by atoms with van der Waals surface area (Å²) in [6, 6.07) is 8.05. The third-order valence-electron chi connectivity index (χ3n) is 5.38. The molecule has 31 heavy (non-hydrogen) atoms. The zero-order chi connectivity index (χ0) is 22.9. The van der Waals surface area contributed by atoms with Gasteiger partial charge in [0.2, 0.25) is 0 Å². The number of anilines is 1. The van der Waals surface area contributed by atoms with Gasteiger partial charge >= 0.3 is 12.1 Å². The van der Waals surface area contributed by atoms with Crippen molar-refractivity contribution in [2.24, 2.45) is 0 Å². The molecule has 7 heteroatoms. The topological polar surface area (TPSA) is 77.1 Å². The summed E-state index contributed by atoms with van der Waals surface area (Å²) in [7, 11) is 0. The zero-order valence-corrected chi connectivity index (χ0v) is 19.6. The molecule has 0 radical (unpaired) electrons. The van der Waals surface area contributed by atoms with Crippen LogP contribution in [0.15, 0.2) is 24.3 Å². The van der Waals surface area contributed by atoms with Gasteiger partial charge in [0.1, 0.15) is 17.3 Å². The lowest BCUT2D eigenvalue weighted by molar-refractivity contribution is -0.166. The lowest BCUT2D eigenvalue weighted by Gasteiger charge is -2.36. The van der Waals surface area contributed by atoms with Crippen LogP contribution < -0.4 is 10.2 Å². The summed E-state index contributed by atoms with van der Waals surface area (Å²) in [5.74, 6) is -0.517. The number of carbonyl (C=O) groups is 2. The highest BCUT2D eigenvalue weighted by atomic mass is 16.6. The Morgan fingerprint density at radius 2 is 1.58 bits per heavy atom. The summed E-state index contributed by atoms with van der Waals surface area (Å²) < 4.78 is 17.2. The zero-order valence-electron chi connectivity index (χ0n) is 19.6. The number of nitrogens with zero attached hydrogens (tertiary/aromatic N) is 1. The van der Waals surface area contributed by atoms with Gasteiger partial charge in [0.15, 0.2) is 5.54 Å². The Labute approximate surface area is 185 Å². The highest BCUT2D eigenvalue weighted by Gasteiger charge is 2.55. The maximum Gasteiger partial charge on any atom is 0.408 e. The van der Waals surface area contributed by atoms with E-state index in [2.05, 4.69) is 22.3 Å². The first-order chi connectivity index (χ1) is 14.4. The summed E-state index contributed by atoms with van der Waals surface area (Å²) in [5.41, 5.74) is -0.771. The largest absolute Gasteiger partial charge is 0.458 e. The molecule has 0 aromatic heterocycles. The van der Waals surface area contributed by atoms with Crippen LogP contribution in [0.1, 0.15) is 72.5 Å². The van der Waals surface area contributed by atoms with E-state index in [-0.39, 0.29) is 0 Å². The van der Waals surface area contributed by atoms with Crippen molar-refractivity contribution >= 4 is 17.7 Å². The van der Waals surface area contributed by atoms with Crippen molar-refractivity contribution < 1.29 is 23.8 Å². The molecular formula is C24H36N2O5. The number of hydrogen-bond donors (Lipinski definition) is 1. The van der Waals surface area contributed by atoms with Gasteiger partial charge in [0.05, 0.1) is 6.61 Å². The van der Waals surface area contributed by atoms with Crippen molar-refractivity contribution in [2.75, 3.05) is 24.6 Å². The molecule has 2 heterocycles. The van der Waals surface area contributed by atoms with Crippen molar-refractivity contribution in [2.45, 2.75) is 83.6 Å². The molecule has 0 saturated carbocycles. The van der Waals surface area contributed by atoms with Gasteiger partial charge in [-0.2, -0.15) is 0 Å². The molecule has 172 valence electrons. The molecule has 3 rings (SSSR count). The summed E-state index contributed by atoms with van der Waals surface area (Å²) >= 11 is 0. The molecule has 0 aliphatic carbocycles. The fraction of sp³-hybridized carbons (Fsp3) is 0.667. The molecule has 1 amide bonds. The molecule has 2 atom stereocenters. The first-order valence-electron chi connectivity index (χ1n) is 11.1. The second kappa shape index (κ2) is 8.69. The van der Waals surface area contributed by atoms with Crippen LogP contribution in [-0.2, 0) is 19.0 Å². The molecule has 2 aliphatic rings. The number of hydrogen-bond acceptors (Lipinski definition) is 6. The number of benzene rings is 1. The van der Waals surface area contributed by atoms with Gasteiger partial charge in [-0.05, 0) is 72.1 Å². The predicted molar refractivity (Wildman–Crippen MR) is 119 cm³/mol. The van der Waals surface area contributed by atoms with Crippen LogP contribution >= 0.6 is 0 Å². The van der Waals surface area contributed by atoms with Crippen LogP contribution in [0.25, 0.3) is 0 Å². The Bertz CT molecular complexity index is 788. The third kappa shape index (κ3) is 5.70. The van der Waals surface area contributed by atoms with Crippen LogP contribution in [0.4, 0.5) is 10.5 Å². The Hall–Kier alpha value is -2.28. The average molecular weight is 433 g/mol. The first kappa shape index (κ1) is 23.4. The molecule has 2 saturated heterocycles. The first-order valence-corrected chi connectivity index (χ1v) is 11.1.